The zero-order valence-corrected chi connectivity index (χ0v) is 21.5. The Labute approximate surface area is 210 Å². The van der Waals surface area contributed by atoms with E-state index in [1.165, 1.54) is 38.5 Å². The number of ketones is 1. The Morgan fingerprint density at radius 3 is 2.09 bits per heavy atom. The van der Waals surface area contributed by atoms with Gasteiger partial charge in [-0.3, -0.25) is 4.79 Å². The van der Waals surface area contributed by atoms with E-state index < -0.39 is 5.41 Å². The van der Waals surface area contributed by atoms with Crippen molar-refractivity contribution < 1.29 is 19.7 Å². The van der Waals surface area contributed by atoms with Crippen molar-refractivity contribution in [3.8, 4) is 11.5 Å². The van der Waals surface area contributed by atoms with Gasteiger partial charge < -0.3 is 14.9 Å². The number of fused-ring (bicyclic) bond motifs is 2. The molecule has 2 aromatic carbocycles. The van der Waals surface area contributed by atoms with Crippen LogP contribution in [-0.2, 0) is 14.9 Å². The Morgan fingerprint density at radius 1 is 0.943 bits per heavy atom. The minimum atomic E-state index is -0.420. The number of phenolic OH excluding ortho intramolecular Hbond substituents is 2. The normalized spacial score (nSPS) is 25.0. The topological polar surface area (TPSA) is 66.8 Å². The van der Waals surface area contributed by atoms with Crippen molar-refractivity contribution in [1.82, 2.24) is 0 Å². The summed E-state index contributed by atoms with van der Waals surface area (Å²) in [6.45, 7) is 4.54. The Bertz CT molecular complexity index is 919. The summed E-state index contributed by atoms with van der Waals surface area (Å²) in [5, 5.41) is 19.6. The van der Waals surface area contributed by atoms with Gasteiger partial charge in [0.25, 0.3) is 0 Å². The van der Waals surface area contributed by atoms with Crippen LogP contribution in [0.15, 0.2) is 48.5 Å². The lowest BCUT2D eigenvalue weighted by molar-refractivity contribution is -0.134. The number of hydrogen-bond acceptors (Lipinski definition) is 4. The van der Waals surface area contributed by atoms with Crippen molar-refractivity contribution in [3.05, 3.63) is 59.7 Å². The molecule has 4 rings (SSSR count). The lowest BCUT2D eigenvalue weighted by Gasteiger charge is -2.35. The number of ether oxygens (including phenoxy) is 1. The maximum absolute atomic E-state index is 13.1. The Balaban J connectivity index is 1.43. The molecule has 3 atom stereocenters. The van der Waals surface area contributed by atoms with Crippen molar-refractivity contribution in [3.63, 3.8) is 0 Å². The summed E-state index contributed by atoms with van der Waals surface area (Å²) in [5.74, 6) is 2.17. The van der Waals surface area contributed by atoms with Gasteiger partial charge in [0.1, 0.15) is 18.1 Å². The van der Waals surface area contributed by atoms with E-state index in [-0.39, 0.29) is 29.5 Å². The fourth-order valence-corrected chi connectivity index (χ4v) is 6.48. The number of rotatable bonds is 9. The first-order valence-corrected chi connectivity index (χ1v) is 13.6. The molecule has 2 aliphatic carbocycles. The summed E-state index contributed by atoms with van der Waals surface area (Å²) in [4.78, 5) is 13.1. The highest BCUT2D eigenvalue weighted by atomic mass is 16.5. The number of benzene rings is 2. The highest BCUT2D eigenvalue weighted by molar-refractivity contribution is 5.80. The number of hydrogen-bond donors (Lipinski definition) is 2. The molecule has 0 saturated heterocycles. The predicted octanol–water partition coefficient (Wildman–Crippen LogP) is 7.30. The molecule has 0 aliphatic heterocycles. The predicted molar refractivity (Wildman–Crippen MR) is 140 cm³/mol. The third-order valence-electron chi connectivity index (χ3n) is 8.91. The summed E-state index contributed by atoms with van der Waals surface area (Å²) in [6.07, 6.45) is 12.2. The molecule has 0 amide bonds. The molecule has 2 aromatic rings. The van der Waals surface area contributed by atoms with Crippen LogP contribution in [0.25, 0.3) is 0 Å². The number of phenols is 2. The molecule has 2 fully saturated rings. The van der Waals surface area contributed by atoms with Gasteiger partial charge in [-0.15, -0.1) is 0 Å². The molecule has 0 spiro atoms. The molecule has 4 heteroatoms. The van der Waals surface area contributed by atoms with Crippen molar-refractivity contribution in [2.45, 2.75) is 95.5 Å². The van der Waals surface area contributed by atoms with E-state index in [0.29, 0.717) is 12.8 Å². The summed E-state index contributed by atoms with van der Waals surface area (Å²) in [5.41, 5.74) is 1.50. The Morgan fingerprint density at radius 2 is 1.51 bits per heavy atom. The Hall–Kier alpha value is -2.33. The van der Waals surface area contributed by atoms with Gasteiger partial charge in [-0.05, 0) is 85.8 Å². The molecular weight excluding hydrogens is 436 g/mol. The lowest BCUT2D eigenvalue weighted by atomic mass is 9.72. The van der Waals surface area contributed by atoms with Crippen LogP contribution in [0.3, 0.4) is 0 Å². The highest BCUT2D eigenvalue weighted by Crippen LogP contribution is 2.44. The number of carbonyl (C=O) groups excluding carboxylic acids is 1. The summed E-state index contributed by atoms with van der Waals surface area (Å²) < 4.78 is 6.50. The van der Waals surface area contributed by atoms with Gasteiger partial charge >= 0.3 is 0 Å². The third-order valence-corrected chi connectivity index (χ3v) is 8.91. The largest absolute Gasteiger partial charge is 0.508 e. The molecule has 2 N–H and O–H groups in total. The average molecular weight is 479 g/mol. The van der Waals surface area contributed by atoms with E-state index in [2.05, 4.69) is 13.8 Å². The van der Waals surface area contributed by atoms with E-state index in [0.717, 1.165) is 42.2 Å². The first kappa shape index (κ1) is 25.8. The van der Waals surface area contributed by atoms with E-state index in [9.17, 15) is 15.0 Å². The fraction of sp³-hybridized carbons (Fsp3) is 0.581. The number of Topliss-reactive ketones (excluding diaryl/α,β-unsaturated/α-hetero) is 1. The SMILES string of the molecule is CC[C@]1(OCC(=O)CCC(C)(c2ccc(O)cc2)c2ccc(O)cc2)CC[C@@H]2CCCC[C@@H](C2)C1. The van der Waals surface area contributed by atoms with E-state index in [4.69, 9.17) is 4.74 Å². The van der Waals surface area contributed by atoms with E-state index in [1.807, 2.05) is 24.3 Å². The monoisotopic (exact) mass is 478 g/mol. The van der Waals surface area contributed by atoms with Gasteiger partial charge in [0, 0.05) is 11.8 Å². The van der Waals surface area contributed by atoms with Crippen molar-refractivity contribution in [1.29, 1.82) is 0 Å². The van der Waals surface area contributed by atoms with Gasteiger partial charge in [0.05, 0.1) is 5.60 Å². The molecule has 0 aromatic heterocycles. The van der Waals surface area contributed by atoms with Crippen LogP contribution < -0.4 is 0 Å². The first-order chi connectivity index (χ1) is 16.8. The molecule has 0 heterocycles. The molecule has 2 aliphatic rings. The molecule has 4 nitrogen and oxygen atoms in total. The summed E-state index contributed by atoms with van der Waals surface area (Å²) in [6, 6.07) is 14.4. The molecule has 35 heavy (non-hydrogen) atoms. The van der Waals surface area contributed by atoms with Crippen LogP contribution in [0.5, 0.6) is 11.5 Å². The Kier molecular flexibility index (Phi) is 8.21. The highest BCUT2D eigenvalue weighted by Gasteiger charge is 2.38. The second kappa shape index (κ2) is 11.2. The van der Waals surface area contributed by atoms with Crippen LogP contribution in [0.2, 0.25) is 0 Å². The van der Waals surface area contributed by atoms with Gasteiger partial charge in [0.15, 0.2) is 5.78 Å². The molecule has 190 valence electrons. The quantitative estimate of drug-likeness (QED) is 0.397. The van der Waals surface area contributed by atoms with Crippen molar-refractivity contribution in [2.24, 2.45) is 11.8 Å². The average Bonchev–Trinajstić information content (AvgIpc) is 3.20. The van der Waals surface area contributed by atoms with Gasteiger partial charge in [0.2, 0.25) is 0 Å². The maximum atomic E-state index is 13.1. The lowest BCUT2D eigenvalue weighted by Crippen LogP contribution is -2.35. The zero-order valence-electron chi connectivity index (χ0n) is 21.5. The molecule has 2 bridgehead atoms. The smallest absolute Gasteiger partial charge is 0.158 e. The summed E-state index contributed by atoms with van der Waals surface area (Å²) >= 11 is 0. The van der Waals surface area contributed by atoms with Crippen LogP contribution in [0.4, 0.5) is 0 Å². The second-order valence-electron chi connectivity index (χ2n) is 11.3. The van der Waals surface area contributed by atoms with Crippen LogP contribution >= 0.6 is 0 Å². The van der Waals surface area contributed by atoms with Crippen LogP contribution in [-0.4, -0.2) is 28.2 Å². The first-order valence-electron chi connectivity index (χ1n) is 13.6. The maximum Gasteiger partial charge on any atom is 0.158 e. The minimum Gasteiger partial charge on any atom is -0.508 e. The minimum absolute atomic E-state index is 0.144. The standard InChI is InChI=1S/C31H42O4/c1-3-31(19-16-23-6-4-5-7-24(20-23)21-31)35-22-29(34)17-18-30(2,25-8-12-27(32)13-9-25)26-10-14-28(33)15-11-26/h8-15,23-24,32-33H,3-7,16-22H2,1-2H3/t23-,24-,31-/m0/s1. The van der Waals surface area contributed by atoms with Crippen LogP contribution in [0.1, 0.15) is 95.6 Å². The molecule has 0 radical (unpaired) electrons. The van der Waals surface area contributed by atoms with Crippen LogP contribution in [0, 0.1) is 11.8 Å². The molecule has 0 unspecified atom stereocenters. The molecular formula is C31H42O4. The number of aromatic hydroxyl groups is 2. The zero-order chi connectivity index (χ0) is 24.9. The van der Waals surface area contributed by atoms with E-state index in [1.54, 1.807) is 24.3 Å². The van der Waals surface area contributed by atoms with Gasteiger partial charge in [-0.1, -0.05) is 63.8 Å². The van der Waals surface area contributed by atoms with Gasteiger partial charge in [-0.2, -0.15) is 0 Å². The van der Waals surface area contributed by atoms with E-state index >= 15 is 0 Å². The number of carbonyl (C=O) groups is 1. The second-order valence-corrected chi connectivity index (χ2v) is 11.3. The molecule has 2 saturated carbocycles. The fourth-order valence-electron chi connectivity index (χ4n) is 6.48. The summed E-state index contributed by atoms with van der Waals surface area (Å²) in [7, 11) is 0. The third kappa shape index (κ3) is 6.27. The van der Waals surface area contributed by atoms with Crippen molar-refractivity contribution >= 4 is 5.78 Å². The van der Waals surface area contributed by atoms with Gasteiger partial charge in [-0.25, -0.2) is 0 Å². The van der Waals surface area contributed by atoms with Crippen molar-refractivity contribution in [2.75, 3.05) is 6.61 Å².